The van der Waals surface area contributed by atoms with Gasteiger partial charge in [0.1, 0.15) is 5.82 Å². The Balaban J connectivity index is 2.02. The normalized spacial score (nSPS) is 12.3. The second-order valence-electron chi connectivity index (χ2n) is 5.43. The molecule has 0 saturated carbocycles. The van der Waals surface area contributed by atoms with E-state index >= 15 is 0 Å². The molecule has 3 aromatic rings. The molecule has 0 radical (unpaired) electrons. The van der Waals surface area contributed by atoms with E-state index in [1.807, 2.05) is 55.5 Å². The van der Waals surface area contributed by atoms with Crippen molar-refractivity contribution in [2.75, 3.05) is 0 Å². The topological polar surface area (TPSA) is 57.8 Å². The van der Waals surface area contributed by atoms with Crippen molar-refractivity contribution < 1.29 is 4.79 Å². The molecule has 4 heteroatoms. The minimum absolute atomic E-state index is 0.0644. The minimum Gasteiger partial charge on any atom is -0.350 e. The molecule has 0 aliphatic carbocycles. The summed E-state index contributed by atoms with van der Waals surface area (Å²) in [7, 11) is 0. The summed E-state index contributed by atoms with van der Waals surface area (Å²) in [5.41, 5.74) is 3.32. The van der Waals surface area contributed by atoms with Crippen molar-refractivity contribution in [1.82, 2.24) is 15.3 Å². The zero-order chi connectivity index (χ0) is 15.5. The van der Waals surface area contributed by atoms with Crippen LogP contribution in [0.3, 0.4) is 0 Å². The van der Waals surface area contributed by atoms with Gasteiger partial charge >= 0.3 is 0 Å². The van der Waals surface area contributed by atoms with Crippen LogP contribution in [-0.4, -0.2) is 21.9 Å². The number of fused-ring (bicyclic) bond motifs is 1. The summed E-state index contributed by atoms with van der Waals surface area (Å²) < 4.78 is 0. The fraction of sp³-hybridized carbons (Fsp3) is 0.222. The maximum Gasteiger partial charge on any atom is 0.252 e. The summed E-state index contributed by atoms with van der Waals surface area (Å²) in [4.78, 5) is 20.3. The van der Waals surface area contributed by atoms with Crippen LogP contribution in [0.5, 0.6) is 0 Å². The minimum atomic E-state index is -0.0644. The fourth-order valence-corrected chi connectivity index (χ4v) is 2.37. The van der Waals surface area contributed by atoms with Crippen molar-refractivity contribution in [3.63, 3.8) is 0 Å². The van der Waals surface area contributed by atoms with Gasteiger partial charge in [-0.15, -0.1) is 0 Å². The lowest BCUT2D eigenvalue weighted by Crippen LogP contribution is -2.32. The van der Waals surface area contributed by atoms with Crippen molar-refractivity contribution in [3.8, 4) is 11.4 Å². The first-order chi connectivity index (χ1) is 10.7. The van der Waals surface area contributed by atoms with Gasteiger partial charge in [-0.2, -0.15) is 0 Å². The van der Waals surface area contributed by atoms with E-state index in [4.69, 9.17) is 0 Å². The average molecular weight is 293 g/mol. The predicted molar refractivity (Wildman–Crippen MR) is 88.7 cm³/mol. The number of aromatic nitrogens is 2. The lowest BCUT2D eigenvalue weighted by molar-refractivity contribution is 0.0940. The van der Waals surface area contributed by atoms with E-state index in [9.17, 15) is 4.79 Å². The Kier molecular flexibility index (Phi) is 3.92. The van der Waals surface area contributed by atoms with E-state index in [0.717, 1.165) is 28.8 Å². The number of rotatable bonds is 4. The Bertz CT molecular complexity index is 774. The molecule has 0 aliphatic heterocycles. The quantitative estimate of drug-likeness (QED) is 0.769. The number of nitrogens with zero attached hydrogens (tertiary/aromatic N) is 1. The number of imidazole rings is 1. The summed E-state index contributed by atoms with van der Waals surface area (Å²) in [5, 5.41) is 3.01. The fourth-order valence-electron chi connectivity index (χ4n) is 2.37. The van der Waals surface area contributed by atoms with E-state index in [1.54, 1.807) is 0 Å². The molecule has 0 bridgehead atoms. The van der Waals surface area contributed by atoms with E-state index < -0.39 is 0 Å². The van der Waals surface area contributed by atoms with E-state index in [2.05, 4.69) is 22.2 Å². The molecule has 2 N–H and O–H groups in total. The van der Waals surface area contributed by atoms with Crippen LogP contribution >= 0.6 is 0 Å². The molecular weight excluding hydrogens is 274 g/mol. The Morgan fingerprint density at radius 2 is 1.91 bits per heavy atom. The number of H-pyrrole nitrogens is 1. The highest BCUT2D eigenvalue weighted by molar-refractivity contribution is 6.00. The molecule has 0 saturated heterocycles. The number of carbonyl (C=O) groups excluding carboxylic acids is 1. The standard InChI is InChI=1S/C18H19N3O/c1-3-12(2)19-18(22)14-9-5-4-8-13(14)17-20-15-10-6-7-11-16(15)21-17/h4-12H,3H2,1-2H3,(H,19,22)(H,20,21)/t12-/m0/s1. The summed E-state index contributed by atoms with van der Waals surface area (Å²) >= 11 is 0. The molecule has 2 aromatic carbocycles. The van der Waals surface area contributed by atoms with Crippen molar-refractivity contribution in [2.24, 2.45) is 0 Å². The van der Waals surface area contributed by atoms with Crippen LogP contribution in [0.25, 0.3) is 22.4 Å². The monoisotopic (exact) mass is 293 g/mol. The average Bonchev–Trinajstić information content (AvgIpc) is 2.98. The van der Waals surface area contributed by atoms with Gasteiger partial charge in [-0.25, -0.2) is 4.98 Å². The highest BCUT2D eigenvalue weighted by Gasteiger charge is 2.16. The molecule has 4 nitrogen and oxygen atoms in total. The Labute approximate surface area is 129 Å². The van der Waals surface area contributed by atoms with Gasteiger partial charge in [-0.3, -0.25) is 4.79 Å². The zero-order valence-electron chi connectivity index (χ0n) is 12.8. The number of hydrogen-bond acceptors (Lipinski definition) is 2. The Hall–Kier alpha value is -2.62. The molecule has 0 spiro atoms. The van der Waals surface area contributed by atoms with Crippen LogP contribution in [-0.2, 0) is 0 Å². The van der Waals surface area contributed by atoms with Gasteiger partial charge in [0.15, 0.2) is 0 Å². The smallest absolute Gasteiger partial charge is 0.252 e. The van der Waals surface area contributed by atoms with Gasteiger partial charge in [-0.1, -0.05) is 37.3 Å². The molecule has 112 valence electrons. The van der Waals surface area contributed by atoms with Gasteiger partial charge in [0.05, 0.1) is 16.6 Å². The Morgan fingerprint density at radius 1 is 1.18 bits per heavy atom. The van der Waals surface area contributed by atoms with Gasteiger partial charge in [-0.05, 0) is 31.5 Å². The number of amides is 1. The summed E-state index contributed by atoms with van der Waals surface area (Å²) in [6, 6.07) is 15.5. The van der Waals surface area contributed by atoms with Crippen molar-refractivity contribution in [2.45, 2.75) is 26.3 Å². The first-order valence-corrected chi connectivity index (χ1v) is 7.54. The zero-order valence-corrected chi connectivity index (χ0v) is 12.8. The van der Waals surface area contributed by atoms with Gasteiger partial charge in [0.25, 0.3) is 5.91 Å². The SMILES string of the molecule is CC[C@H](C)NC(=O)c1ccccc1-c1nc2ccccc2[nH]1. The molecule has 1 amide bonds. The van der Waals surface area contributed by atoms with Crippen LogP contribution in [0, 0.1) is 0 Å². The van der Waals surface area contributed by atoms with Crippen molar-refractivity contribution in [1.29, 1.82) is 0 Å². The largest absolute Gasteiger partial charge is 0.350 e. The molecule has 0 fully saturated rings. The number of benzene rings is 2. The number of carbonyl (C=O) groups is 1. The number of para-hydroxylation sites is 2. The van der Waals surface area contributed by atoms with Crippen LogP contribution in [0.4, 0.5) is 0 Å². The number of hydrogen-bond donors (Lipinski definition) is 2. The van der Waals surface area contributed by atoms with Crippen LogP contribution < -0.4 is 5.32 Å². The first kappa shape index (κ1) is 14.3. The molecule has 1 aromatic heterocycles. The predicted octanol–water partition coefficient (Wildman–Crippen LogP) is 3.76. The maximum atomic E-state index is 12.5. The summed E-state index contributed by atoms with van der Waals surface area (Å²) in [5.74, 6) is 0.654. The second-order valence-corrected chi connectivity index (χ2v) is 5.43. The van der Waals surface area contributed by atoms with Gasteiger partial charge in [0, 0.05) is 11.6 Å². The number of nitrogens with one attached hydrogen (secondary N) is 2. The highest BCUT2D eigenvalue weighted by Crippen LogP contribution is 2.24. The van der Waals surface area contributed by atoms with E-state index in [1.165, 1.54) is 0 Å². The third-order valence-electron chi connectivity index (χ3n) is 3.81. The maximum absolute atomic E-state index is 12.5. The van der Waals surface area contributed by atoms with Crippen LogP contribution in [0.15, 0.2) is 48.5 Å². The van der Waals surface area contributed by atoms with E-state index in [-0.39, 0.29) is 11.9 Å². The molecule has 0 unspecified atom stereocenters. The molecule has 0 aliphatic rings. The molecule has 1 atom stereocenters. The molecular formula is C18H19N3O. The highest BCUT2D eigenvalue weighted by atomic mass is 16.1. The Morgan fingerprint density at radius 3 is 2.68 bits per heavy atom. The van der Waals surface area contributed by atoms with Gasteiger partial charge in [0.2, 0.25) is 0 Å². The number of aromatic amines is 1. The van der Waals surface area contributed by atoms with Crippen molar-refractivity contribution in [3.05, 3.63) is 54.1 Å². The summed E-state index contributed by atoms with van der Waals surface area (Å²) in [6.45, 7) is 4.05. The van der Waals surface area contributed by atoms with Crippen LogP contribution in [0.2, 0.25) is 0 Å². The third kappa shape index (κ3) is 2.72. The van der Waals surface area contributed by atoms with E-state index in [0.29, 0.717) is 5.56 Å². The first-order valence-electron chi connectivity index (χ1n) is 7.54. The molecule has 3 rings (SSSR count). The molecule has 22 heavy (non-hydrogen) atoms. The molecule has 1 heterocycles. The second kappa shape index (κ2) is 6.02. The lowest BCUT2D eigenvalue weighted by atomic mass is 10.1. The van der Waals surface area contributed by atoms with Gasteiger partial charge < -0.3 is 10.3 Å². The third-order valence-corrected chi connectivity index (χ3v) is 3.81. The van der Waals surface area contributed by atoms with Crippen molar-refractivity contribution >= 4 is 16.9 Å². The lowest BCUT2D eigenvalue weighted by Gasteiger charge is -2.13. The van der Waals surface area contributed by atoms with Crippen LogP contribution in [0.1, 0.15) is 30.6 Å². The summed E-state index contributed by atoms with van der Waals surface area (Å²) in [6.07, 6.45) is 0.901.